The van der Waals surface area contributed by atoms with Crippen LogP contribution in [0.2, 0.25) is 0 Å². The Morgan fingerprint density at radius 2 is 2.16 bits per heavy atom. The molecule has 0 aromatic carbocycles. The second kappa shape index (κ2) is 5.31. The van der Waals surface area contributed by atoms with Crippen molar-refractivity contribution in [3.63, 3.8) is 0 Å². The van der Waals surface area contributed by atoms with Crippen molar-refractivity contribution in [2.75, 3.05) is 19.8 Å². The van der Waals surface area contributed by atoms with E-state index in [0.29, 0.717) is 6.61 Å². The van der Waals surface area contributed by atoms with E-state index in [2.05, 4.69) is 9.97 Å². The number of hydrogen-bond donors (Lipinski definition) is 1. The number of fused-ring (bicyclic) bond motifs is 1. The zero-order chi connectivity index (χ0) is 13.3. The van der Waals surface area contributed by atoms with E-state index in [4.69, 9.17) is 21.7 Å². The smallest absolute Gasteiger partial charge is 0.140 e. The summed E-state index contributed by atoms with van der Waals surface area (Å²) in [6, 6.07) is 0. The number of H-pyrrole nitrogens is 1. The highest BCUT2D eigenvalue weighted by atomic mass is 32.1. The number of rotatable bonds is 3. The molecule has 1 aromatic heterocycles. The maximum Gasteiger partial charge on any atom is 0.140 e. The van der Waals surface area contributed by atoms with Gasteiger partial charge < -0.3 is 14.5 Å². The molecule has 0 bridgehead atoms. The third-order valence-electron chi connectivity index (χ3n) is 4.11. The Hall–Kier alpha value is -0.780. The molecule has 0 amide bonds. The van der Waals surface area contributed by atoms with Gasteiger partial charge in [0.05, 0.1) is 0 Å². The second-order valence-corrected chi connectivity index (χ2v) is 5.63. The first kappa shape index (κ1) is 13.2. The van der Waals surface area contributed by atoms with Gasteiger partial charge in [0, 0.05) is 43.9 Å². The fraction of sp³-hybridized carbons (Fsp3) is 0.714. The molecule has 2 heterocycles. The van der Waals surface area contributed by atoms with Gasteiger partial charge in [0.2, 0.25) is 0 Å². The Morgan fingerprint density at radius 3 is 2.89 bits per heavy atom. The second-order valence-electron chi connectivity index (χ2n) is 5.24. The van der Waals surface area contributed by atoms with Crippen LogP contribution in [-0.4, -0.2) is 29.8 Å². The number of ether oxygens (including phenoxy) is 2. The number of aromatic amines is 1. The largest absolute Gasteiger partial charge is 0.381 e. The number of hydrogen-bond acceptors (Lipinski definition) is 4. The van der Waals surface area contributed by atoms with E-state index < -0.39 is 0 Å². The molecule has 19 heavy (non-hydrogen) atoms. The maximum atomic E-state index is 6.05. The van der Waals surface area contributed by atoms with E-state index in [-0.39, 0.29) is 5.60 Å². The number of aromatic nitrogens is 2. The molecule has 1 aliphatic heterocycles. The summed E-state index contributed by atoms with van der Waals surface area (Å²) in [6.45, 7) is 4.15. The molecule has 0 unspecified atom stereocenters. The van der Waals surface area contributed by atoms with Gasteiger partial charge in [0.15, 0.2) is 0 Å². The minimum Gasteiger partial charge on any atom is -0.381 e. The summed E-state index contributed by atoms with van der Waals surface area (Å²) in [6.07, 6.45) is 5.00. The van der Waals surface area contributed by atoms with Gasteiger partial charge >= 0.3 is 0 Å². The Bertz CT molecular complexity index is 515. The molecule has 1 aromatic rings. The van der Waals surface area contributed by atoms with Gasteiger partial charge in [0.1, 0.15) is 16.1 Å². The van der Waals surface area contributed by atoms with Crippen LogP contribution in [0.4, 0.5) is 0 Å². The van der Waals surface area contributed by atoms with Crippen molar-refractivity contribution in [3.05, 3.63) is 21.7 Å². The van der Waals surface area contributed by atoms with Gasteiger partial charge in [-0.3, -0.25) is 0 Å². The summed E-state index contributed by atoms with van der Waals surface area (Å²) in [5, 5.41) is 0. The van der Waals surface area contributed by atoms with Gasteiger partial charge in [-0.05, 0) is 26.2 Å². The lowest BCUT2D eigenvalue weighted by Gasteiger charge is -2.36. The zero-order valence-corrected chi connectivity index (χ0v) is 12.1. The van der Waals surface area contributed by atoms with Crippen LogP contribution >= 0.6 is 12.2 Å². The maximum absolute atomic E-state index is 6.05. The molecule has 4 nitrogen and oxygen atoms in total. The van der Waals surface area contributed by atoms with E-state index in [1.807, 2.05) is 6.92 Å². The molecule has 1 fully saturated rings. The SMILES string of the molecule is CCOC1(c2nc(=S)c3c([nH]2)CCC3)CCOCC1. The van der Waals surface area contributed by atoms with Crippen LogP contribution in [0.1, 0.15) is 43.3 Å². The van der Waals surface area contributed by atoms with Crippen molar-refractivity contribution < 1.29 is 9.47 Å². The number of nitrogens with one attached hydrogen (secondary N) is 1. The van der Waals surface area contributed by atoms with Crippen molar-refractivity contribution in [2.24, 2.45) is 0 Å². The molecule has 1 saturated heterocycles. The molecule has 1 aliphatic carbocycles. The molecule has 2 aliphatic rings. The third-order valence-corrected chi connectivity index (χ3v) is 4.45. The first-order valence-electron chi connectivity index (χ1n) is 7.09. The summed E-state index contributed by atoms with van der Waals surface area (Å²) in [4.78, 5) is 8.14. The molecule has 0 radical (unpaired) electrons. The van der Waals surface area contributed by atoms with Gasteiger partial charge in [0.25, 0.3) is 0 Å². The Balaban J connectivity index is 2.03. The summed E-state index contributed by atoms with van der Waals surface area (Å²) in [7, 11) is 0. The minimum absolute atomic E-state index is 0.335. The predicted molar refractivity (Wildman–Crippen MR) is 74.8 cm³/mol. The highest BCUT2D eigenvalue weighted by Gasteiger charge is 2.38. The monoisotopic (exact) mass is 280 g/mol. The highest BCUT2D eigenvalue weighted by molar-refractivity contribution is 7.71. The predicted octanol–water partition coefficient (Wildman–Crippen LogP) is 2.67. The van der Waals surface area contributed by atoms with E-state index in [0.717, 1.165) is 49.4 Å². The standard InChI is InChI=1S/C14H20N2O2S/c1-2-18-14(6-8-17-9-7-14)13-15-11-5-3-4-10(11)12(19)16-13/h2-9H2,1H3,(H,15,16,19). The zero-order valence-electron chi connectivity index (χ0n) is 11.3. The number of aryl methyl sites for hydroxylation is 1. The fourth-order valence-electron chi connectivity index (χ4n) is 3.10. The van der Waals surface area contributed by atoms with Crippen molar-refractivity contribution in [1.29, 1.82) is 0 Å². The summed E-state index contributed by atoms with van der Waals surface area (Å²) >= 11 is 5.45. The van der Waals surface area contributed by atoms with Crippen LogP contribution in [0.15, 0.2) is 0 Å². The van der Waals surface area contributed by atoms with Gasteiger partial charge in [-0.2, -0.15) is 0 Å². The lowest BCUT2D eigenvalue weighted by Crippen LogP contribution is -2.38. The van der Waals surface area contributed by atoms with Gasteiger partial charge in [-0.15, -0.1) is 0 Å². The van der Waals surface area contributed by atoms with Crippen LogP contribution in [0.5, 0.6) is 0 Å². The first-order valence-corrected chi connectivity index (χ1v) is 7.50. The lowest BCUT2D eigenvalue weighted by molar-refractivity contribution is -0.118. The molecular weight excluding hydrogens is 260 g/mol. The molecule has 0 atom stereocenters. The fourth-order valence-corrected chi connectivity index (χ4v) is 3.42. The molecule has 0 saturated carbocycles. The van der Waals surface area contributed by atoms with E-state index in [1.165, 1.54) is 17.7 Å². The lowest BCUT2D eigenvalue weighted by atomic mass is 9.92. The van der Waals surface area contributed by atoms with Crippen molar-refractivity contribution in [2.45, 2.75) is 44.6 Å². The molecule has 1 N–H and O–H groups in total. The first-order chi connectivity index (χ1) is 9.25. The average Bonchev–Trinajstić information content (AvgIpc) is 2.89. The normalized spacial score (nSPS) is 21.3. The van der Waals surface area contributed by atoms with E-state index in [1.54, 1.807) is 0 Å². The summed E-state index contributed by atoms with van der Waals surface area (Å²) in [5.41, 5.74) is 2.16. The van der Waals surface area contributed by atoms with E-state index in [9.17, 15) is 0 Å². The highest BCUT2D eigenvalue weighted by Crippen LogP contribution is 2.35. The summed E-state index contributed by atoms with van der Waals surface area (Å²) < 4.78 is 12.3. The van der Waals surface area contributed by atoms with Crippen LogP contribution in [0.25, 0.3) is 0 Å². The quantitative estimate of drug-likeness (QED) is 0.865. The van der Waals surface area contributed by atoms with Crippen molar-refractivity contribution in [1.82, 2.24) is 9.97 Å². The van der Waals surface area contributed by atoms with Crippen LogP contribution in [0, 0.1) is 4.64 Å². The Kier molecular flexibility index (Phi) is 3.69. The minimum atomic E-state index is -0.335. The van der Waals surface area contributed by atoms with Crippen LogP contribution in [0.3, 0.4) is 0 Å². The van der Waals surface area contributed by atoms with Crippen molar-refractivity contribution >= 4 is 12.2 Å². The van der Waals surface area contributed by atoms with Crippen LogP contribution < -0.4 is 0 Å². The Labute approximate surface area is 118 Å². The average molecular weight is 280 g/mol. The Morgan fingerprint density at radius 1 is 1.37 bits per heavy atom. The van der Waals surface area contributed by atoms with Crippen molar-refractivity contribution in [3.8, 4) is 0 Å². The molecule has 5 heteroatoms. The number of nitrogens with zero attached hydrogens (tertiary/aromatic N) is 1. The topological polar surface area (TPSA) is 47.1 Å². The molecular formula is C14H20N2O2S. The summed E-state index contributed by atoms with van der Waals surface area (Å²) in [5.74, 6) is 0.906. The molecule has 0 spiro atoms. The van der Waals surface area contributed by atoms with Gasteiger partial charge in [-0.1, -0.05) is 12.2 Å². The van der Waals surface area contributed by atoms with Crippen LogP contribution in [-0.2, 0) is 27.9 Å². The van der Waals surface area contributed by atoms with E-state index >= 15 is 0 Å². The third kappa shape index (κ3) is 2.35. The van der Waals surface area contributed by atoms with Gasteiger partial charge in [-0.25, -0.2) is 4.98 Å². The molecule has 104 valence electrons. The molecule has 3 rings (SSSR count).